The lowest BCUT2D eigenvalue weighted by Crippen LogP contribution is -1.97. The van der Waals surface area contributed by atoms with Gasteiger partial charge in [-0.2, -0.15) is 0 Å². The molecule has 0 unspecified atom stereocenters. The Kier molecular flexibility index (Phi) is 11.8. The first kappa shape index (κ1) is 17.4. The van der Waals surface area contributed by atoms with Crippen LogP contribution in [0, 0.1) is 5.92 Å². The molecule has 0 N–H and O–H groups in total. The average molecular weight is 268 g/mol. The third kappa shape index (κ3) is 14.4. The zero-order valence-corrected chi connectivity index (χ0v) is 12.0. The predicted molar refractivity (Wildman–Crippen MR) is 75.0 cm³/mol. The van der Waals surface area contributed by atoms with E-state index in [1.165, 1.54) is 12.8 Å². The SMILES string of the molecule is CC1CC1.CCOC=O.COCOc1ccccc1. The fraction of sp³-hybridized carbons (Fsp3) is 0.533. The normalized spacial score (nSPS) is 12.2. The smallest absolute Gasteiger partial charge is 0.293 e. The molecule has 19 heavy (non-hydrogen) atoms. The van der Waals surface area contributed by atoms with Crippen molar-refractivity contribution in [2.45, 2.75) is 26.7 Å². The van der Waals surface area contributed by atoms with Crippen molar-refractivity contribution in [1.82, 2.24) is 0 Å². The minimum Gasteiger partial charge on any atom is -0.468 e. The van der Waals surface area contributed by atoms with Crippen LogP contribution in [-0.2, 0) is 14.3 Å². The largest absolute Gasteiger partial charge is 0.468 e. The molecule has 0 amide bonds. The topological polar surface area (TPSA) is 44.8 Å². The molecule has 0 spiro atoms. The van der Waals surface area contributed by atoms with E-state index < -0.39 is 0 Å². The molecule has 0 aliphatic heterocycles. The summed E-state index contributed by atoms with van der Waals surface area (Å²) in [5.41, 5.74) is 0. The molecule has 108 valence electrons. The highest BCUT2D eigenvalue weighted by Crippen LogP contribution is 2.26. The van der Waals surface area contributed by atoms with Crippen LogP contribution < -0.4 is 4.74 Å². The Labute approximate surface area is 115 Å². The minimum atomic E-state index is 0.310. The summed E-state index contributed by atoms with van der Waals surface area (Å²) in [5, 5.41) is 0. The highest BCUT2D eigenvalue weighted by molar-refractivity contribution is 5.36. The van der Waals surface area contributed by atoms with E-state index >= 15 is 0 Å². The first-order chi connectivity index (χ1) is 9.24. The van der Waals surface area contributed by atoms with E-state index in [4.69, 9.17) is 9.47 Å². The lowest BCUT2D eigenvalue weighted by atomic mass is 10.3. The Hall–Kier alpha value is -1.55. The van der Waals surface area contributed by atoms with Crippen LogP contribution in [-0.4, -0.2) is 27.0 Å². The van der Waals surface area contributed by atoms with Crippen LogP contribution in [0.25, 0.3) is 0 Å². The maximum Gasteiger partial charge on any atom is 0.293 e. The molecule has 4 heteroatoms. The van der Waals surface area contributed by atoms with E-state index in [9.17, 15) is 4.79 Å². The van der Waals surface area contributed by atoms with E-state index in [0.717, 1.165) is 11.7 Å². The Morgan fingerprint density at radius 2 is 1.84 bits per heavy atom. The standard InChI is InChI=1S/C8H10O2.C4H8.C3H6O2/c1-9-7-10-8-5-3-2-4-6-8;1-4-2-3-4;1-2-5-3-4/h2-6H,7H2,1H3;4H,2-3H2,1H3;3H,2H2,1H3. The van der Waals surface area contributed by atoms with Gasteiger partial charge in [0.15, 0.2) is 6.79 Å². The van der Waals surface area contributed by atoms with Crippen molar-refractivity contribution < 1.29 is 19.0 Å². The van der Waals surface area contributed by atoms with Crippen LogP contribution in [0.2, 0.25) is 0 Å². The average Bonchev–Trinajstić information content (AvgIpc) is 3.22. The summed E-state index contributed by atoms with van der Waals surface area (Å²) in [5.74, 6) is 1.92. The quantitative estimate of drug-likeness (QED) is 0.607. The summed E-state index contributed by atoms with van der Waals surface area (Å²) < 4.78 is 14.0. The van der Waals surface area contributed by atoms with E-state index in [1.54, 1.807) is 14.0 Å². The van der Waals surface area contributed by atoms with Crippen molar-refractivity contribution in [3.05, 3.63) is 30.3 Å². The van der Waals surface area contributed by atoms with Gasteiger partial charge in [0.25, 0.3) is 6.47 Å². The summed E-state index contributed by atoms with van der Waals surface area (Å²) in [6, 6.07) is 9.56. The second-order valence-corrected chi connectivity index (χ2v) is 4.10. The molecule has 1 aromatic rings. The summed E-state index contributed by atoms with van der Waals surface area (Å²) in [6.07, 6.45) is 2.97. The van der Waals surface area contributed by atoms with Crippen molar-refractivity contribution >= 4 is 6.47 Å². The van der Waals surface area contributed by atoms with Crippen molar-refractivity contribution in [2.75, 3.05) is 20.5 Å². The van der Waals surface area contributed by atoms with Crippen LogP contribution in [0.1, 0.15) is 26.7 Å². The van der Waals surface area contributed by atoms with Gasteiger partial charge in [-0.3, -0.25) is 4.79 Å². The lowest BCUT2D eigenvalue weighted by Gasteiger charge is -2.01. The zero-order valence-electron chi connectivity index (χ0n) is 12.0. The van der Waals surface area contributed by atoms with Gasteiger partial charge in [0.2, 0.25) is 0 Å². The number of rotatable bonds is 5. The molecule has 2 rings (SSSR count). The van der Waals surface area contributed by atoms with E-state index in [-0.39, 0.29) is 0 Å². The lowest BCUT2D eigenvalue weighted by molar-refractivity contribution is -0.128. The molecule has 1 fully saturated rings. The molecule has 1 saturated carbocycles. The molecule has 0 atom stereocenters. The Balaban J connectivity index is 0.000000299. The fourth-order valence-electron chi connectivity index (χ4n) is 0.878. The zero-order chi connectivity index (χ0) is 14.3. The van der Waals surface area contributed by atoms with Crippen molar-refractivity contribution in [2.24, 2.45) is 5.92 Å². The maximum absolute atomic E-state index is 9.18. The third-order valence-corrected chi connectivity index (χ3v) is 2.19. The van der Waals surface area contributed by atoms with Crippen molar-refractivity contribution in [3.63, 3.8) is 0 Å². The van der Waals surface area contributed by atoms with Crippen molar-refractivity contribution in [3.8, 4) is 5.75 Å². The third-order valence-electron chi connectivity index (χ3n) is 2.19. The molecule has 1 aliphatic carbocycles. The van der Waals surface area contributed by atoms with Gasteiger partial charge in [0, 0.05) is 7.11 Å². The molecular formula is C15H24O4. The maximum atomic E-state index is 9.18. The van der Waals surface area contributed by atoms with Crippen LogP contribution in [0.15, 0.2) is 30.3 Å². The molecule has 0 saturated heterocycles. The summed E-state index contributed by atoms with van der Waals surface area (Å²) in [6.45, 7) is 5.25. The van der Waals surface area contributed by atoms with Gasteiger partial charge < -0.3 is 14.2 Å². The summed E-state index contributed by atoms with van der Waals surface area (Å²) in [4.78, 5) is 9.18. The number of methoxy groups -OCH3 is 1. The van der Waals surface area contributed by atoms with Crippen molar-refractivity contribution in [1.29, 1.82) is 0 Å². The van der Waals surface area contributed by atoms with Gasteiger partial charge >= 0.3 is 0 Å². The van der Waals surface area contributed by atoms with Gasteiger partial charge in [0.1, 0.15) is 5.75 Å². The fourth-order valence-corrected chi connectivity index (χ4v) is 0.878. The van der Waals surface area contributed by atoms with Gasteiger partial charge in [-0.1, -0.05) is 38.0 Å². The van der Waals surface area contributed by atoms with Gasteiger partial charge in [-0.05, 0) is 25.0 Å². The summed E-state index contributed by atoms with van der Waals surface area (Å²) >= 11 is 0. The molecule has 4 nitrogen and oxygen atoms in total. The molecule has 1 aromatic carbocycles. The molecular weight excluding hydrogens is 244 g/mol. The number of carbonyl (C=O) groups excluding carboxylic acids is 1. The molecule has 0 radical (unpaired) electrons. The minimum absolute atomic E-state index is 0.310. The first-order valence-corrected chi connectivity index (χ1v) is 6.46. The molecule has 0 aromatic heterocycles. The number of carbonyl (C=O) groups is 1. The van der Waals surface area contributed by atoms with E-state index in [2.05, 4.69) is 11.7 Å². The number of ether oxygens (including phenoxy) is 3. The Bertz CT molecular complexity index is 296. The highest BCUT2D eigenvalue weighted by Gasteiger charge is 2.12. The molecule has 1 aliphatic rings. The second kappa shape index (κ2) is 12.9. The second-order valence-electron chi connectivity index (χ2n) is 4.10. The van der Waals surface area contributed by atoms with Gasteiger partial charge in [0.05, 0.1) is 6.61 Å². The van der Waals surface area contributed by atoms with Crippen LogP contribution in [0.5, 0.6) is 5.75 Å². The van der Waals surface area contributed by atoms with E-state index in [1.807, 2.05) is 30.3 Å². The molecule has 0 bridgehead atoms. The highest BCUT2D eigenvalue weighted by atomic mass is 16.7. The van der Waals surface area contributed by atoms with Gasteiger partial charge in [-0.25, -0.2) is 0 Å². The predicted octanol–water partition coefficient (Wildman–Crippen LogP) is 3.26. The van der Waals surface area contributed by atoms with Crippen LogP contribution in [0.3, 0.4) is 0 Å². The Morgan fingerprint density at radius 1 is 1.26 bits per heavy atom. The van der Waals surface area contributed by atoms with E-state index in [0.29, 0.717) is 19.9 Å². The number of hydrogen-bond donors (Lipinski definition) is 0. The number of hydrogen-bond acceptors (Lipinski definition) is 4. The van der Waals surface area contributed by atoms with Crippen LogP contribution in [0.4, 0.5) is 0 Å². The monoisotopic (exact) mass is 268 g/mol. The first-order valence-electron chi connectivity index (χ1n) is 6.46. The summed E-state index contributed by atoms with van der Waals surface area (Å²) in [7, 11) is 1.60. The Morgan fingerprint density at radius 3 is 2.16 bits per heavy atom. The molecule has 0 heterocycles. The van der Waals surface area contributed by atoms with Crippen LogP contribution >= 0.6 is 0 Å². The number of para-hydroxylation sites is 1. The van der Waals surface area contributed by atoms with Gasteiger partial charge in [-0.15, -0.1) is 0 Å². The number of benzene rings is 1.